The third-order valence-electron chi connectivity index (χ3n) is 9.44. The molecule has 0 radical (unpaired) electrons. The lowest BCUT2D eigenvalue weighted by atomic mass is 9.49. The summed E-state index contributed by atoms with van der Waals surface area (Å²) in [7, 11) is 0. The number of aromatic nitrogens is 3. The molecule has 4 fully saturated rings. The molecule has 5 nitrogen and oxygen atoms in total. The normalized spacial score (nSPS) is 28.8. The molecule has 38 heavy (non-hydrogen) atoms. The third kappa shape index (κ3) is 4.31. The van der Waals surface area contributed by atoms with Gasteiger partial charge in [-0.2, -0.15) is 13.2 Å². The number of carbonyl (C=O) groups is 1. The van der Waals surface area contributed by atoms with Crippen molar-refractivity contribution in [3.63, 3.8) is 0 Å². The van der Waals surface area contributed by atoms with E-state index in [-0.39, 0.29) is 10.8 Å². The van der Waals surface area contributed by atoms with Gasteiger partial charge >= 0.3 is 12.1 Å². The fourth-order valence-corrected chi connectivity index (χ4v) is 8.29. The molecule has 1 aliphatic heterocycles. The standard InChI is InChI=1S/C28H31N3.C2HF3O2/c1-3-7-23(8-4-1)28(24-9-5-2-6-10-24)12-11-25-29-30-26(31(25)19-28)27-16-20-13-21(17-27)15-22(14-20)18-27;3-2(4,5)1(6)7/h1-10,20-22H,11-19H2;(H,6,7). The van der Waals surface area contributed by atoms with Crippen LogP contribution in [0.25, 0.3) is 0 Å². The van der Waals surface area contributed by atoms with Crippen molar-refractivity contribution >= 4 is 5.97 Å². The summed E-state index contributed by atoms with van der Waals surface area (Å²) >= 11 is 0. The van der Waals surface area contributed by atoms with Crippen LogP contribution < -0.4 is 0 Å². The first kappa shape index (κ1) is 25.1. The first-order valence-corrected chi connectivity index (χ1v) is 13.5. The van der Waals surface area contributed by atoms with E-state index >= 15 is 0 Å². The van der Waals surface area contributed by atoms with Gasteiger partial charge in [0.25, 0.3) is 0 Å². The zero-order valence-corrected chi connectivity index (χ0v) is 21.2. The number of benzene rings is 2. The van der Waals surface area contributed by atoms with E-state index in [0.29, 0.717) is 0 Å². The number of aryl methyl sites for hydroxylation is 1. The van der Waals surface area contributed by atoms with Crippen LogP contribution in [0.4, 0.5) is 13.2 Å². The lowest BCUT2D eigenvalue weighted by molar-refractivity contribution is -0.192. The van der Waals surface area contributed by atoms with Gasteiger partial charge in [0.1, 0.15) is 11.6 Å². The van der Waals surface area contributed by atoms with Gasteiger partial charge in [-0.05, 0) is 73.8 Å². The smallest absolute Gasteiger partial charge is 0.475 e. The lowest BCUT2D eigenvalue weighted by Crippen LogP contribution is -2.50. The number of hydrogen-bond acceptors (Lipinski definition) is 3. The summed E-state index contributed by atoms with van der Waals surface area (Å²) < 4.78 is 34.3. The van der Waals surface area contributed by atoms with Gasteiger partial charge in [-0.1, -0.05) is 60.7 Å². The minimum Gasteiger partial charge on any atom is -0.475 e. The van der Waals surface area contributed by atoms with Crippen LogP contribution >= 0.6 is 0 Å². The molecule has 1 N–H and O–H groups in total. The third-order valence-corrected chi connectivity index (χ3v) is 9.44. The maximum absolute atomic E-state index is 10.6. The Labute approximate surface area is 220 Å². The molecule has 0 amide bonds. The second-order valence-electron chi connectivity index (χ2n) is 11.8. The Morgan fingerprint density at radius 3 is 1.76 bits per heavy atom. The van der Waals surface area contributed by atoms with E-state index in [1.54, 1.807) is 0 Å². The average Bonchev–Trinajstić information content (AvgIpc) is 3.33. The van der Waals surface area contributed by atoms with Gasteiger partial charge < -0.3 is 9.67 Å². The monoisotopic (exact) mass is 523 g/mol. The number of aliphatic carboxylic acids is 1. The van der Waals surface area contributed by atoms with Gasteiger partial charge in [0.2, 0.25) is 0 Å². The highest BCUT2D eigenvalue weighted by Crippen LogP contribution is 2.60. The van der Waals surface area contributed by atoms with Crippen molar-refractivity contribution in [1.29, 1.82) is 0 Å². The number of carboxylic acid groups (broad SMARTS) is 1. The Kier molecular flexibility index (Phi) is 6.11. The molecule has 0 saturated heterocycles. The molecule has 1 aromatic heterocycles. The second-order valence-corrected chi connectivity index (χ2v) is 11.8. The second kappa shape index (κ2) is 9.24. The molecule has 0 unspecified atom stereocenters. The highest BCUT2D eigenvalue weighted by atomic mass is 19.4. The van der Waals surface area contributed by atoms with E-state index in [1.807, 2.05) is 0 Å². The average molecular weight is 524 g/mol. The number of halogens is 3. The van der Waals surface area contributed by atoms with E-state index < -0.39 is 12.1 Å². The van der Waals surface area contributed by atoms with Gasteiger partial charge in [0.15, 0.2) is 0 Å². The molecule has 4 bridgehead atoms. The lowest BCUT2D eigenvalue weighted by Gasteiger charge is -2.56. The number of alkyl halides is 3. The van der Waals surface area contributed by atoms with Crippen molar-refractivity contribution in [2.24, 2.45) is 17.8 Å². The van der Waals surface area contributed by atoms with Crippen LogP contribution in [0.5, 0.6) is 0 Å². The first-order chi connectivity index (χ1) is 18.2. The van der Waals surface area contributed by atoms with Gasteiger partial charge in [-0.15, -0.1) is 10.2 Å². The van der Waals surface area contributed by atoms with Gasteiger partial charge in [-0.3, -0.25) is 0 Å². The van der Waals surface area contributed by atoms with Gasteiger partial charge in [0.05, 0.1) is 0 Å². The molecule has 3 aromatic rings. The fourth-order valence-electron chi connectivity index (χ4n) is 8.29. The zero-order valence-electron chi connectivity index (χ0n) is 21.2. The molecule has 5 aliphatic rings. The molecule has 8 heteroatoms. The van der Waals surface area contributed by atoms with Crippen LogP contribution in [0.2, 0.25) is 0 Å². The number of hydrogen-bond donors (Lipinski definition) is 1. The van der Waals surface area contributed by atoms with E-state index in [9.17, 15) is 13.2 Å². The Bertz CT molecular complexity index is 1230. The molecule has 2 heterocycles. The van der Waals surface area contributed by atoms with Crippen molar-refractivity contribution in [2.75, 3.05) is 0 Å². The minimum atomic E-state index is -5.08. The molecule has 0 atom stereocenters. The summed E-state index contributed by atoms with van der Waals surface area (Å²) in [4.78, 5) is 8.90. The number of nitrogens with zero attached hydrogens (tertiary/aromatic N) is 3. The zero-order chi connectivity index (χ0) is 26.5. The van der Waals surface area contributed by atoms with Crippen LogP contribution in [0, 0.1) is 17.8 Å². The van der Waals surface area contributed by atoms with E-state index in [0.717, 1.165) is 37.1 Å². The Morgan fingerprint density at radius 2 is 1.32 bits per heavy atom. The maximum Gasteiger partial charge on any atom is 0.490 e. The highest BCUT2D eigenvalue weighted by Gasteiger charge is 2.54. The number of fused-ring (bicyclic) bond motifs is 1. The van der Waals surface area contributed by atoms with Crippen LogP contribution in [0.1, 0.15) is 67.7 Å². The summed E-state index contributed by atoms with van der Waals surface area (Å²) in [6, 6.07) is 22.4. The summed E-state index contributed by atoms with van der Waals surface area (Å²) in [5.41, 5.74) is 3.14. The summed E-state index contributed by atoms with van der Waals surface area (Å²) in [5, 5.41) is 16.9. The molecule has 200 valence electrons. The van der Waals surface area contributed by atoms with Crippen molar-refractivity contribution in [2.45, 2.75) is 74.9 Å². The number of carboxylic acids is 1. The van der Waals surface area contributed by atoms with E-state index in [4.69, 9.17) is 20.1 Å². The maximum atomic E-state index is 10.6. The molecule has 4 aliphatic carbocycles. The molecule has 4 saturated carbocycles. The highest BCUT2D eigenvalue weighted by molar-refractivity contribution is 5.73. The molecular formula is C30H32F3N3O2. The number of rotatable bonds is 3. The molecular weight excluding hydrogens is 491 g/mol. The van der Waals surface area contributed by atoms with Crippen molar-refractivity contribution < 1.29 is 23.1 Å². The first-order valence-electron chi connectivity index (χ1n) is 13.5. The Balaban J connectivity index is 0.000000337. The molecule has 0 spiro atoms. The molecule has 8 rings (SSSR count). The van der Waals surface area contributed by atoms with Crippen LogP contribution in [0.3, 0.4) is 0 Å². The summed E-state index contributed by atoms with van der Waals surface area (Å²) in [6.45, 7) is 0.973. The minimum absolute atomic E-state index is 0.00502. The quantitative estimate of drug-likeness (QED) is 0.437. The Hall–Kier alpha value is -3.16. The van der Waals surface area contributed by atoms with Gasteiger partial charge in [0, 0.05) is 23.8 Å². The molecule has 2 aromatic carbocycles. The van der Waals surface area contributed by atoms with Crippen molar-refractivity contribution in [3.05, 3.63) is 83.4 Å². The predicted octanol–water partition coefficient (Wildman–Crippen LogP) is 6.31. The van der Waals surface area contributed by atoms with Crippen molar-refractivity contribution in [3.8, 4) is 0 Å². The van der Waals surface area contributed by atoms with Crippen LogP contribution in [0.15, 0.2) is 60.7 Å². The van der Waals surface area contributed by atoms with Crippen LogP contribution in [-0.2, 0) is 28.6 Å². The van der Waals surface area contributed by atoms with Crippen LogP contribution in [-0.4, -0.2) is 32.0 Å². The van der Waals surface area contributed by atoms with Crippen molar-refractivity contribution in [1.82, 2.24) is 14.8 Å². The summed E-state index contributed by atoms with van der Waals surface area (Å²) in [5.74, 6) is 2.57. The van der Waals surface area contributed by atoms with E-state index in [1.165, 1.54) is 61.3 Å². The summed E-state index contributed by atoms with van der Waals surface area (Å²) in [6.07, 6.45) is 5.47. The Morgan fingerprint density at radius 1 is 0.842 bits per heavy atom. The largest absolute Gasteiger partial charge is 0.490 e. The topological polar surface area (TPSA) is 68.0 Å². The predicted molar refractivity (Wildman–Crippen MR) is 136 cm³/mol. The SMILES string of the molecule is O=C(O)C(F)(F)F.c1ccc(C2(c3ccccc3)CCc3nnc(C45CC6CC(CC(C6)C4)C5)n3C2)cc1. The van der Waals surface area contributed by atoms with Gasteiger partial charge in [-0.25, -0.2) is 4.79 Å². The van der Waals surface area contributed by atoms with E-state index in [2.05, 4.69) is 65.2 Å². The fraction of sp³-hybridized carbons (Fsp3) is 0.500.